The fraction of sp³-hybridized carbons (Fsp3) is 0.923. The molecule has 0 heterocycles. The van der Waals surface area contributed by atoms with E-state index in [1.807, 2.05) is 6.92 Å². The van der Waals surface area contributed by atoms with Crippen LogP contribution in [0.5, 0.6) is 0 Å². The summed E-state index contributed by atoms with van der Waals surface area (Å²) in [6.07, 6.45) is 5.11. The lowest BCUT2D eigenvalue weighted by molar-refractivity contribution is 0.145. The van der Waals surface area contributed by atoms with E-state index in [-0.39, 0.29) is 0 Å². The first-order chi connectivity index (χ1) is 8.24. The standard InChI is InChI=1S/C13H26N2OS/c1-3-16-9-5-8-14-13(17)15-10-12-7-4-6-11(12)2/h11-12H,3-10H2,1-2H3,(H2,14,15,17). The van der Waals surface area contributed by atoms with Crippen LogP contribution in [0.15, 0.2) is 0 Å². The molecule has 2 atom stereocenters. The van der Waals surface area contributed by atoms with Gasteiger partial charge in [-0.2, -0.15) is 0 Å². The van der Waals surface area contributed by atoms with E-state index in [1.54, 1.807) is 0 Å². The van der Waals surface area contributed by atoms with Crippen molar-refractivity contribution in [1.29, 1.82) is 0 Å². The summed E-state index contributed by atoms with van der Waals surface area (Å²) >= 11 is 5.24. The Hall–Kier alpha value is -0.350. The predicted molar refractivity (Wildman–Crippen MR) is 76.2 cm³/mol. The number of hydrogen-bond donors (Lipinski definition) is 2. The minimum Gasteiger partial charge on any atom is -0.382 e. The molecular formula is C13H26N2OS. The van der Waals surface area contributed by atoms with Crippen LogP contribution in [-0.2, 0) is 4.74 Å². The van der Waals surface area contributed by atoms with Crippen molar-refractivity contribution in [2.45, 2.75) is 39.5 Å². The molecule has 0 aliphatic heterocycles. The quantitative estimate of drug-likeness (QED) is 0.542. The molecule has 1 fully saturated rings. The number of ether oxygens (including phenoxy) is 1. The first-order valence-corrected chi connectivity index (χ1v) is 7.24. The molecule has 4 heteroatoms. The summed E-state index contributed by atoms with van der Waals surface area (Å²) < 4.78 is 5.27. The van der Waals surface area contributed by atoms with Gasteiger partial charge in [0.1, 0.15) is 0 Å². The highest BCUT2D eigenvalue weighted by atomic mass is 32.1. The molecule has 2 N–H and O–H groups in total. The van der Waals surface area contributed by atoms with Crippen molar-refractivity contribution in [1.82, 2.24) is 10.6 Å². The van der Waals surface area contributed by atoms with Crippen molar-refractivity contribution < 1.29 is 4.74 Å². The van der Waals surface area contributed by atoms with Crippen molar-refractivity contribution in [2.75, 3.05) is 26.3 Å². The highest BCUT2D eigenvalue weighted by molar-refractivity contribution is 7.80. The van der Waals surface area contributed by atoms with Crippen LogP contribution in [0.2, 0.25) is 0 Å². The molecule has 0 amide bonds. The van der Waals surface area contributed by atoms with E-state index in [0.29, 0.717) is 0 Å². The highest BCUT2D eigenvalue weighted by Gasteiger charge is 2.22. The Morgan fingerprint density at radius 3 is 2.82 bits per heavy atom. The van der Waals surface area contributed by atoms with Gasteiger partial charge in [0.15, 0.2) is 5.11 Å². The second-order valence-corrected chi connectivity index (χ2v) is 5.26. The molecule has 100 valence electrons. The molecular weight excluding hydrogens is 232 g/mol. The zero-order valence-corrected chi connectivity index (χ0v) is 11.9. The van der Waals surface area contributed by atoms with Gasteiger partial charge in [0, 0.05) is 26.3 Å². The lowest BCUT2D eigenvalue weighted by Crippen LogP contribution is -2.39. The third kappa shape index (κ3) is 6.22. The van der Waals surface area contributed by atoms with Gasteiger partial charge in [-0.25, -0.2) is 0 Å². The van der Waals surface area contributed by atoms with E-state index < -0.39 is 0 Å². The van der Waals surface area contributed by atoms with Crippen molar-refractivity contribution >= 4 is 17.3 Å². The summed E-state index contributed by atoms with van der Waals surface area (Å²) in [5, 5.41) is 7.34. The Morgan fingerprint density at radius 2 is 2.18 bits per heavy atom. The summed E-state index contributed by atoms with van der Waals surface area (Å²) in [6.45, 7) is 7.89. The fourth-order valence-electron chi connectivity index (χ4n) is 2.33. The average Bonchev–Trinajstić information content (AvgIpc) is 2.72. The van der Waals surface area contributed by atoms with E-state index in [2.05, 4.69) is 17.6 Å². The van der Waals surface area contributed by atoms with Gasteiger partial charge in [0.25, 0.3) is 0 Å². The Balaban J connectivity index is 1.97. The minimum absolute atomic E-state index is 0.792. The molecule has 0 aromatic heterocycles. The molecule has 1 rings (SSSR count). The Labute approximate surface area is 111 Å². The van der Waals surface area contributed by atoms with E-state index >= 15 is 0 Å². The van der Waals surface area contributed by atoms with Crippen LogP contribution < -0.4 is 10.6 Å². The Morgan fingerprint density at radius 1 is 1.35 bits per heavy atom. The molecule has 0 saturated heterocycles. The molecule has 0 aromatic rings. The molecule has 1 aliphatic carbocycles. The van der Waals surface area contributed by atoms with Crippen LogP contribution in [-0.4, -0.2) is 31.4 Å². The maximum atomic E-state index is 5.27. The van der Waals surface area contributed by atoms with Gasteiger partial charge in [-0.3, -0.25) is 0 Å². The van der Waals surface area contributed by atoms with Crippen LogP contribution >= 0.6 is 12.2 Å². The highest BCUT2D eigenvalue weighted by Crippen LogP contribution is 2.30. The second kappa shape index (κ2) is 8.70. The number of rotatable bonds is 7. The normalized spacial score (nSPS) is 23.6. The van der Waals surface area contributed by atoms with Crippen LogP contribution in [0.25, 0.3) is 0 Å². The maximum absolute atomic E-state index is 5.27. The molecule has 0 aromatic carbocycles. The molecule has 1 saturated carbocycles. The third-order valence-electron chi connectivity index (χ3n) is 3.52. The molecule has 0 bridgehead atoms. The monoisotopic (exact) mass is 258 g/mol. The van der Waals surface area contributed by atoms with Crippen LogP contribution in [0.3, 0.4) is 0 Å². The van der Waals surface area contributed by atoms with Gasteiger partial charge in [-0.15, -0.1) is 0 Å². The van der Waals surface area contributed by atoms with Gasteiger partial charge >= 0.3 is 0 Å². The van der Waals surface area contributed by atoms with Crippen LogP contribution in [0.4, 0.5) is 0 Å². The van der Waals surface area contributed by atoms with Gasteiger partial charge in [-0.05, 0) is 43.8 Å². The molecule has 1 aliphatic rings. The van der Waals surface area contributed by atoms with Crippen molar-refractivity contribution in [2.24, 2.45) is 11.8 Å². The topological polar surface area (TPSA) is 33.3 Å². The SMILES string of the molecule is CCOCCCNC(=S)NCC1CCCC1C. The zero-order valence-electron chi connectivity index (χ0n) is 11.1. The summed E-state index contributed by atoms with van der Waals surface area (Å²) in [4.78, 5) is 0. The molecule has 3 nitrogen and oxygen atoms in total. The Kier molecular flexibility index (Phi) is 7.53. The molecule has 0 spiro atoms. The molecule has 17 heavy (non-hydrogen) atoms. The number of thiocarbonyl (C=S) groups is 1. The lowest BCUT2D eigenvalue weighted by atomic mass is 9.98. The van der Waals surface area contributed by atoms with Gasteiger partial charge in [-0.1, -0.05) is 19.8 Å². The second-order valence-electron chi connectivity index (χ2n) is 4.86. The van der Waals surface area contributed by atoms with Crippen LogP contribution in [0.1, 0.15) is 39.5 Å². The Bertz CT molecular complexity index is 223. The fourth-order valence-corrected chi connectivity index (χ4v) is 2.52. The largest absolute Gasteiger partial charge is 0.382 e. The molecule has 2 unspecified atom stereocenters. The first kappa shape index (κ1) is 14.7. The smallest absolute Gasteiger partial charge is 0.166 e. The van der Waals surface area contributed by atoms with Gasteiger partial charge < -0.3 is 15.4 Å². The number of nitrogens with one attached hydrogen (secondary N) is 2. The van der Waals surface area contributed by atoms with Gasteiger partial charge in [0.2, 0.25) is 0 Å². The van der Waals surface area contributed by atoms with E-state index in [4.69, 9.17) is 17.0 Å². The summed E-state index contributed by atoms with van der Waals surface area (Å²) in [7, 11) is 0. The minimum atomic E-state index is 0.792. The average molecular weight is 258 g/mol. The lowest BCUT2D eigenvalue weighted by Gasteiger charge is -2.17. The number of hydrogen-bond acceptors (Lipinski definition) is 2. The maximum Gasteiger partial charge on any atom is 0.166 e. The first-order valence-electron chi connectivity index (χ1n) is 6.83. The predicted octanol–water partition coefficient (Wildman–Crippen LogP) is 2.31. The third-order valence-corrected chi connectivity index (χ3v) is 3.81. The van der Waals surface area contributed by atoms with Crippen molar-refractivity contribution in [3.05, 3.63) is 0 Å². The van der Waals surface area contributed by atoms with E-state index in [9.17, 15) is 0 Å². The zero-order chi connectivity index (χ0) is 12.5. The van der Waals surface area contributed by atoms with Crippen molar-refractivity contribution in [3.8, 4) is 0 Å². The summed E-state index contributed by atoms with van der Waals surface area (Å²) in [5.74, 6) is 1.65. The van der Waals surface area contributed by atoms with Crippen LogP contribution in [0, 0.1) is 11.8 Å². The van der Waals surface area contributed by atoms with E-state index in [0.717, 1.165) is 49.7 Å². The van der Waals surface area contributed by atoms with Gasteiger partial charge in [0.05, 0.1) is 0 Å². The molecule has 0 radical (unpaired) electrons. The van der Waals surface area contributed by atoms with E-state index in [1.165, 1.54) is 19.3 Å². The summed E-state index contributed by atoms with van der Waals surface area (Å²) in [5.41, 5.74) is 0. The summed E-state index contributed by atoms with van der Waals surface area (Å²) in [6, 6.07) is 0. The van der Waals surface area contributed by atoms with Crippen molar-refractivity contribution in [3.63, 3.8) is 0 Å².